The molecule has 0 N–H and O–H groups in total. The normalized spacial score (nSPS) is 11.6. The average Bonchev–Trinajstić information content (AvgIpc) is 3.71. The molecule has 234 valence electrons. The zero-order chi connectivity index (χ0) is 33.0. The van der Waals surface area contributed by atoms with E-state index in [9.17, 15) is 0 Å². The maximum absolute atomic E-state index is 5.11. The largest absolute Gasteiger partial charge is 0.309 e. The van der Waals surface area contributed by atoms with Crippen LogP contribution in [0.15, 0.2) is 176 Å². The van der Waals surface area contributed by atoms with Gasteiger partial charge in [-0.1, -0.05) is 91.0 Å². The van der Waals surface area contributed by atoms with E-state index in [1.54, 1.807) is 0 Å². The predicted octanol–water partition coefficient (Wildman–Crippen LogP) is 11.1. The van der Waals surface area contributed by atoms with Gasteiger partial charge in [-0.2, -0.15) is 0 Å². The van der Waals surface area contributed by atoms with Crippen LogP contribution in [0.1, 0.15) is 0 Å². The highest BCUT2D eigenvalue weighted by Gasteiger charge is 2.18. The van der Waals surface area contributed by atoms with Gasteiger partial charge in [0.2, 0.25) is 0 Å². The minimum absolute atomic E-state index is 0.830. The summed E-state index contributed by atoms with van der Waals surface area (Å²) in [5.41, 5.74) is 13.6. The van der Waals surface area contributed by atoms with E-state index in [0.29, 0.717) is 0 Å². The molecular formula is C45H29N5. The van der Waals surface area contributed by atoms with E-state index in [4.69, 9.17) is 9.97 Å². The second-order valence-corrected chi connectivity index (χ2v) is 12.5. The van der Waals surface area contributed by atoms with Crippen LogP contribution in [0.25, 0.3) is 88.9 Å². The minimum Gasteiger partial charge on any atom is -0.309 e. The van der Waals surface area contributed by atoms with Crippen LogP contribution in [0.4, 0.5) is 0 Å². The van der Waals surface area contributed by atoms with Crippen LogP contribution in [-0.4, -0.2) is 24.1 Å². The highest BCUT2D eigenvalue weighted by Crippen LogP contribution is 2.38. The van der Waals surface area contributed by atoms with Gasteiger partial charge < -0.3 is 9.13 Å². The van der Waals surface area contributed by atoms with Crippen LogP contribution in [0, 0.1) is 0 Å². The summed E-state index contributed by atoms with van der Waals surface area (Å²) in [7, 11) is 0. The summed E-state index contributed by atoms with van der Waals surface area (Å²) in [5.74, 6) is 0. The van der Waals surface area contributed by atoms with Crippen molar-refractivity contribution in [3.63, 3.8) is 0 Å². The van der Waals surface area contributed by atoms with Gasteiger partial charge in [-0.15, -0.1) is 0 Å². The van der Waals surface area contributed by atoms with Gasteiger partial charge in [0.05, 0.1) is 50.4 Å². The summed E-state index contributed by atoms with van der Waals surface area (Å²) in [6.07, 6.45) is 3.70. The fraction of sp³-hybridized carbons (Fsp3) is 0. The van der Waals surface area contributed by atoms with Crippen molar-refractivity contribution in [2.45, 2.75) is 0 Å². The summed E-state index contributed by atoms with van der Waals surface area (Å²) in [6, 6.07) is 57.6. The van der Waals surface area contributed by atoms with E-state index in [0.717, 1.165) is 78.1 Å². The summed E-state index contributed by atoms with van der Waals surface area (Å²) >= 11 is 0. The Bertz CT molecular complexity index is 2800. The molecule has 5 aromatic heterocycles. The molecule has 0 aliphatic carbocycles. The molecule has 0 fully saturated rings. The van der Waals surface area contributed by atoms with E-state index in [1.165, 1.54) is 10.8 Å². The molecule has 5 heteroatoms. The monoisotopic (exact) mass is 639 g/mol. The summed E-state index contributed by atoms with van der Waals surface area (Å²) in [5, 5.41) is 3.54. The van der Waals surface area contributed by atoms with Gasteiger partial charge in [-0.05, 0) is 83.9 Å². The zero-order valence-electron chi connectivity index (χ0n) is 27.0. The fourth-order valence-corrected chi connectivity index (χ4v) is 7.34. The van der Waals surface area contributed by atoms with E-state index < -0.39 is 0 Å². The maximum Gasteiger partial charge on any atom is 0.0963 e. The Morgan fingerprint density at radius 3 is 1.76 bits per heavy atom. The molecule has 10 rings (SSSR count). The number of fused-ring (bicyclic) bond motifs is 6. The van der Waals surface area contributed by atoms with Gasteiger partial charge in [-0.3, -0.25) is 9.97 Å². The molecule has 0 amide bonds. The zero-order valence-corrected chi connectivity index (χ0v) is 27.0. The molecule has 0 radical (unpaired) electrons. The summed E-state index contributed by atoms with van der Waals surface area (Å²) < 4.78 is 4.69. The lowest BCUT2D eigenvalue weighted by molar-refractivity contribution is 1.15. The van der Waals surface area contributed by atoms with Crippen LogP contribution in [0.5, 0.6) is 0 Å². The molecule has 0 bridgehead atoms. The van der Waals surface area contributed by atoms with Crippen molar-refractivity contribution < 1.29 is 0 Å². The van der Waals surface area contributed by atoms with Gasteiger partial charge in [0.1, 0.15) is 0 Å². The number of benzene rings is 5. The first-order valence-electron chi connectivity index (χ1n) is 16.8. The number of aromatic nitrogens is 5. The molecule has 5 aromatic carbocycles. The van der Waals surface area contributed by atoms with E-state index >= 15 is 0 Å². The van der Waals surface area contributed by atoms with E-state index in [2.05, 4.69) is 148 Å². The molecule has 0 atom stereocenters. The second kappa shape index (κ2) is 11.4. The SMILES string of the molecule is c1ccc(-c2cc(-n3c4ccccc4c4ccc(-c5ccc6c7ncccc7n(-c7ccccc7)c6c5)cc43)cc(-c3ccccn3)n2)cc1. The molecule has 5 heterocycles. The van der Waals surface area contributed by atoms with Crippen molar-refractivity contribution in [1.29, 1.82) is 0 Å². The molecule has 0 aliphatic rings. The minimum atomic E-state index is 0.830. The van der Waals surface area contributed by atoms with Gasteiger partial charge in [-0.25, -0.2) is 4.98 Å². The molecule has 0 saturated heterocycles. The van der Waals surface area contributed by atoms with Crippen LogP contribution >= 0.6 is 0 Å². The summed E-state index contributed by atoms with van der Waals surface area (Å²) in [4.78, 5) is 14.6. The smallest absolute Gasteiger partial charge is 0.0963 e. The third-order valence-electron chi connectivity index (χ3n) is 9.61. The Morgan fingerprint density at radius 1 is 0.340 bits per heavy atom. The lowest BCUT2D eigenvalue weighted by atomic mass is 10.0. The van der Waals surface area contributed by atoms with Crippen molar-refractivity contribution >= 4 is 43.7 Å². The Balaban J connectivity index is 1.22. The standard InChI is InChI=1S/C45H29N5/c1-3-12-30(13-4-1)39-28-34(29-40(48-39)38-17-9-10-24-46-38)50-41-18-8-7-16-35(41)36-22-20-31(26-43(36)50)32-21-23-37-44(27-32)49(33-14-5-2-6-15-33)42-19-11-25-47-45(37)42/h1-29H. The van der Waals surface area contributed by atoms with Crippen molar-refractivity contribution in [3.05, 3.63) is 176 Å². The number of hydrogen-bond acceptors (Lipinski definition) is 3. The van der Waals surface area contributed by atoms with Gasteiger partial charge in [0.15, 0.2) is 0 Å². The number of para-hydroxylation sites is 2. The first-order valence-corrected chi connectivity index (χ1v) is 16.8. The Labute approximate surface area is 288 Å². The van der Waals surface area contributed by atoms with Crippen LogP contribution in [0.3, 0.4) is 0 Å². The van der Waals surface area contributed by atoms with Crippen LogP contribution in [-0.2, 0) is 0 Å². The van der Waals surface area contributed by atoms with Gasteiger partial charge in [0.25, 0.3) is 0 Å². The van der Waals surface area contributed by atoms with Gasteiger partial charge in [0, 0.05) is 39.8 Å². The average molecular weight is 640 g/mol. The van der Waals surface area contributed by atoms with Crippen LogP contribution < -0.4 is 0 Å². The molecule has 0 aliphatic heterocycles. The Hall–Kier alpha value is -6.85. The third kappa shape index (κ3) is 4.52. The highest BCUT2D eigenvalue weighted by molar-refractivity contribution is 6.11. The third-order valence-corrected chi connectivity index (χ3v) is 9.61. The van der Waals surface area contributed by atoms with Crippen molar-refractivity contribution in [1.82, 2.24) is 24.1 Å². The quantitative estimate of drug-likeness (QED) is 0.188. The lowest BCUT2D eigenvalue weighted by Gasteiger charge is -2.13. The fourth-order valence-electron chi connectivity index (χ4n) is 7.34. The second-order valence-electron chi connectivity index (χ2n) is 12.5. The molecular weight excluding hydrogens is 611 g/mol. The molecule has 0 saturated carbocycles. The number of nitrogens with zero attached hydrogens (tertiary/aromatic N) is 5. The molecule has 0 spiro atoms. The number of hydrogen-bond donors (Lipinski definition) is 0. The molecule has 5 nitrogen and oxygen atoms in total. The molecule has 10 aromatic rings. The van der Waals surface area contributed by atoms with E-state index in [1.807, 2.05) is 42.7 Å². The summed E-state index contributed by atoms with van der Waals surface area (Å²) in [6.45, 7) is 0. The topological polar surface area (TPSA) is 48.5 Å². The first kappa shape index (κ1) is 28.2. The maximum atomic E-state index is 5.11. The van der Waals surface area contributed by atoms with E-state index in [-0.39, 0.29) is 0 Å². The predicted molar refractivity (Wildman–Crippen MR) is 205 cm³/mol. The Morgan fingerprint density at radius 2 is 0.960 bits per heavy atom. The molecule has 0 unspecified atom stereocenters. The number of rotatable bonds is 5. The van der Waals surface area contributed by atoms with Crippen molar-refractivity contribution in [3.8, 4) is 45.1 Å². The van der Waals surface area contributed by atoms with Gasteiger partial charge >= 0.3 is 0 Å². The van der Waals surface area contributed by atoms with Crippen LogP contribution in [0.2, 0.25) is 0 Å². The lowest BCUT2D eigenvalue weighted by Crippen LogP contribution is -1.99. The number of pyridine rings is 3. The Kier molecular flexibility index (Phi) is 6.42. The molecule has 50 heavy (non-hydrogen) atoms. The van der Waals surface area contributed by atoms with Crippen molar-refractivity contribution in [2.24, 2.45) is 0 Å². The highest BCUT2D eigenvalue weighted by atomic mass is 15.0. The van der Waals surface area contributed by atoms with Crippen molar-refractivity contribution in [2.75, 3.05) is 0 Å². The first-order chi connectivity index (χ1) is 24.8.